The number of rotatable bonds is 6. The molecule has 0 aliphatic rings. The number of nitro groups is 1. The first-order valence-corrected chi connectivity index (χ1v) is 6.72. The normalized spacial score (nSPS) is 11.5. The first kappa shape index (κ1) is 16.1. The Balaban J connectivity index is 2.99. The minimum Gasteiger partial charge on any atom is -0.364 e. The molecule has 0 radical (unpaired) electrons. The molecule has 7 nitrogen and oxygen atoms in total. The summed E-state index contributed by atoms with van der Waals surface area (Å²) in [6, 6.07) is 0. The van der Waals surface area contributed by atoms with Gasteiger partial charge in [-0.25, -0.2) is 9.97 Å². The maximum Gasteiger partial charge on any atom is 0.353 e. The molecule has 1 aromatic rings. The van der Waals surface area contributed by atoms with Crippen LogP contribution in [0.1, 0.15) is 41.0 Å². The fourth-order valence-electron chi connectivity index (χ4n) is 1.61. The van der Waals surface area contributed by atoms with Crippen LogP contribution < -0.4 is 10.6 Å². The second-order valence-electron chi connectivity index (χ2n) is 6.16. The van der Waals surface area contributed by atoms with Crippen LogP contribution in [0.4, 0.5) is 17.3 Å². The fraction of sp³-hybridized carbons (Fsp3) is 0.692. The van der Waals surface area contributed by atoms with E-state index in [4.69, 9.17) is 0 Å². The molecular weight excluding hydrogens is 258 g/mol. The highest BCUT2D eigenvalue weighted by Gasteiger charge is 2.25. The lowest BCUT2D eigenvalue weighted by molar-refractivity contribution is -0.383. The minimum atomic E-state index is -0.453. The smallest absolute Gasteiger partial charge is 0.353 e. The Bertz CT molecular complexity index is 468. The van der Waals surface area contributed by atoms with Gasteiger partial charge < -0.3 is 10.6 Å². The molecule has 0 saturated carbocycles. The summed E-state index contributed by atoms with van der Waals surface area (Å²) in [5, 5.41) is 17.3. The predicted octanol–water partition coefficient (Wildman–Crippen LogP) is 3.05. The first-order valence-electron chi connectivity index (χ1n) is 6.72. The van der Waals surface area contributed by atoms with Crippen molar-refractivity contribution in [2.24, 2.45) is 5.92 Å². The van der Waals surface area contributed by atoms with Crippen LogP contribution in [0, 0.1) is 16.0 Å². The molecule has 1 rings (SSSR count). The van der Waals surface area contributed by atoms with E-state index in [0.717, 1.165) is 6.42 Å². The van der Waals surface area contributed by atoms with Gasteiger partial charge >= 0.3 is 5.69 Å². The van der Waals surface area contributed by atoms with E-state index in [9.17, 15) is 10.1 Å². The zero-order chi connectivity index (χ0) is 15.3. The van der Waals surface area contributed by atoms with Crippen LogP contribution in [-0.4, -0.2) is 27.0 Å². The molecular formula is C13H23N5O2. The number of nitrogens with zero attached hydrogens (tertiary/aromatic N) is 3. The van der Waals surface area contributed by atoms with Gasteiger partial charge in [0.05, 0.1) is 4.92 Å². The zero-order valence-corrected chi connectivity index (χ0v) is 12.7. The Morgan fingerprint density at radius 2 is 1.90 bits per heavy atom. The van der Waals surface area contributed by atoms with Gasteiger partial charge in [-0.1, -0.05) is 13.8 Å². The molecule has 0 unspecified atom stereocenters. The van der Waals surface area contributed by atoms with Crippen LogP contribution in [0.3, 0.4) is 0 Å². The molecule has 20 heavy (non-hydrogen) atoms. The van der Waals surface area contributed by atoms with E-state index in [-0.39, 0.29) is 22.9 Å². The Morgan fingerprint density at radius 3 is 2.40 bits per heavy atom. The summed E-state index contributed by atoms with van der Waals surface area (Å²) in [5.74, 6) is 1.03. The van der Waals surface area contributed by atoms with E-state index in [1.165, 1.54) is 6.33 Å². The Morgan fingerprint density at radius 1 is 1.30 bits per heavy atom. The second-order valence-corrected chi connectivity index (χ2v) is 6.16. The highest BCUT2D eigenvalue weighted by Crippen LogP contribution is 2.30. The molecule has 0 bridgehead atoms. The lowest BCUT2D eigenvalue weighted by Gasteiger charge is -2.21. The summed E-state index contributed by atoms with van der Waals surface area (Å²) in [5.41, 5.74) is -0.417. The molecule has 7 heteroatoms. The average molecular weight is 281 g/mol. The summed E-state index contributed by atoms with van der Waals surface area (Å²) in [4.78, 5) is 18.8. The third kappa shape index (κ3) is 4.99. The highest BCUT2D eigenvalue weighted by atomic mass is 16.6. The monoisotopic (exact) mass is 281 g/mol. The maximum atomic E-state index is 11.3. The van der Waals surface area contributed by atoms with Crippen molar-refractivity contribution in [3.63, 3.8) is 0 Å². The van der Waals surface area contributed by atoms with E-state index < -0.39 is 4.92 Å². The van der Waals surface area contributed by atoms with Crippen LogP contribution in [-0.2, 0) is 0 Å². The molecule has 0 saturated heterocycles. The van der Waals surface area contributed by atoms with E-state index in [2.05, 4.69) is 34.4 Å². The molecule has 0 aliphatic heterocycles. The van der Waals surface area contributed by atoms with Gasteiger partial charge in [-0.2, -0.15) is 0 Å². The molecule has 0 atom stereocenters. The van der Waals surface area contributed by atoms with E-state index in [1.54, 1.807) is 0 Å². The predicted molar refractivity (Wildman–Crippen MR) is 80.0 cm³/mol. The van der Waals surface area contributed by atoms with E-state index in [0.29, 0.717) is 12.5 Å². The molecule has 0 amide bonds. The summed E-state index contributed by atoms with van der Waals surface area (Å²) >= 11 is 0. The van der Waals surface area contributed by atoms with E-state index in [1.807, 2.05) is 20.8 Å². The van der Waals surface area contributed by atoms with Gasteiger partial charge in [-0.05, 0) is 33.1 Å². The van der Waals surface area contributed by atoms with Crippen molar-refractivity contribution in [2.75, 3.05) is 17.2 Å². The minimum absolute atomic E-state index is 0.105. The first-order chi connectivity index (χ1) is 9.20. The van der Waals surface area contributed by atoms with Gasteiger partial charge in [0, 0.05) is 12.1 Å². The van der Waals surface area contributed by atoms with Crippen molar-refractivity contribution in [1.82, 2.24) is 9.97 Å². The quantitative estimate of drug-likeness (QED) is 0.615. The standard InChI is InChI=1S/C13H23N5O2/c1-9(2)6-7-14-11-10(18(19)20)12(16-8-15-11)17-13(3,4)5/h8-9H,6-7H2,1-5H3,(H2,14,15,16,17). The van der Waals surface area contributed by atoms with Crippen LogP contribution in [0.25, 0.3) is 0 Å². The molecule has 0 aromatic carbocycles. The summed E-state index contributed by atoms with van der Waals surface area (Å²) in [6.45, 7) is 10.6. The third-order valence-corrected chi connectivity index (χ3v) is 2.51. The average Bonchev–Trinajstić information content (AvgIpc) is 2.25. The number of nitrogens with one attached hydrogen (secondary N) is 2. The largest absolute Gasteiger partial charge is 0.364 e. The van der Waals surface area contributed by atoms with Gasteiger partial charge in [0.1, 0.15) is 6.33 Å². The number of anilines is 2. The molecule has 1 aromatic heterocycles. The SMILES string of the molecule is CC(C)CCNc1ncnc(NC(C)(C)C)c1[N+](=O)[O-]. The topological polar surface area (TPSA) is 93.0 Å². The van der Waals surface area contributed by atoms with Crippen LogP contribution in [0.15, 0.2) is 6.33 Å². The molecule has 0 fully saturated rings. The van der Waals surface area contributed by atoms with Crippen molar-refractivity contribution < 1.29 is 4.92 Å². The van der Waals surface area contributed by atoms with Crippen molar-refractivity contribution in [2.45, 2.75) is 46.6 Å². The van der Waals surface area contributed by atoms with Crippen LogP contribution in [0.5, 0.6) is 0 Å². The van der Waals surface area contributed by atoms with Gasteiger partial charge in [0.25, 0.3) is 0 Å². The summed E-state index contributed by atoms with van der Waals surface area (Å²) in [6.07, 6.45) is 2.25. The van der Waals surface area contributed by atoms with Crippen molar-refractivity contribution in [3.05, 3.63) is 16.4 Å². The summed E-state index contributed by atoms with van der Waals surface area (Å²) < 4.78 is 0. The number of hydrogen-bond acceptors (Lipinski definition) is 6. The lowest BCUT2D eigenvalue weighted by atomic mass is 10.1. The Labute approximate surface area is 119 Å². The van der Waals surface area contributed by atoms with E-state index >= 15 is 0 Å². The molecule has 2 N–H and O–H groups in total. The number of hydrogen-bond donors (Lipinski definition) is 2. The van der Waals surface area contributed by atoms with Crippen LogP contribution >= 0.6 is 0 Å². The second kappa shape index (κ2) is 6.49. The Hall–Kier alpha value is -1.92. The zero-order valence-electron chi connectivity index (χ0n) is 12.7. The highest BCUT2D eigenvalue weighted by molar-refractivity contribution is 5.69. The van der Waals surface area contributed by atoms with Crippen molar-refractivity contribution in [3.8, 4) is 0 Å². The van der Waals surface area contributed by atoms with Crippen LogP contribution in [0.2, 0.25) is 0 Å². The fourth-order valence-corrected chi connectivity index (χ4v) is 1.61. The van der Waals surface area contributed by atoms with Gasteiger partial charge in [0.2, 0.25) is 11.6 Å². The van der Waals surface area contributed by atoms with Gasteiger partial charge in [-0.15, -0.1) is 0 Å². The summed E-state index contributed by atoms with van der Waals surface area (Å²) in [7, 11) is 0. The molecule has 1 heterocycles. The Kier molecular flexibility index (Phi) is 5.24. The third-order valence-electron chi connectivity index (χ3n) is 2.51. The van der Waals surface area contributed by atoms with Crippen molar-refractivity contribution in [1.29, 1.82) is 0 Å². The maximum absolute atomic E-state index is 11.3. The van der Waals surface area contributed by atoms with Crippen molar-refractivity contribution >= 4 is 17.3 Å². The molecule has 0 aliphatic carbocycles. The van der Waals surface area contributed by atoms with Gasteiger partial charge in [-0.3, -0.25) is 10.1 Å². The molecule has 112 valence electrons. The lowest BCUT2D eigenvalue weighted by Crippen LogP contribution is -2.27. The number of aromatic nitrogens is 2. The van der Waals surface area contributed by atoms with Gasteiger partial charge in [0.15, 0.2) is 0 Å². The molecule has 0 spiro atoms.